The maximum absolute atomic E-state index is 3.89. The molecule has 1 rings (SSSR count). The second kappa shape index (κ2) is 8.40. The van der Waals surface area contributed by atoms with Crippen molar-refractivity contribution in [2.75, 3.05) is 19.6 Å². The van der Waals surface area contributed by atoms with Crippen LogP contribution in [0.2, 0.25) is 0 Å². The molecule has 19 heavy (non-hydrogen) atoms. The van der Waals surface area contributed by atoms with Gasteiger partial charge in [0.05, 0.1) is 5.66 Å². The molecule has 114 valence electrons. The van der Waals surface area contributed by atoms with Crippen molar-refractivity contribution >= 4 is 10.2 Å². The first-order valence-electron chi connectivity index (χ1n) is 8.39. The maximum Gasteiger partial charge on any atom is 0.0835 e. The highest BCUT2D eigenvalue weighted by molar-refractivity contribution is 6.16. The van der Waals surface area contributed by atoms with Gasteiger partial charge >= 0.3 is 0 Å². The minimum Gasteiger partial charge on any atom is -0.312 e. The molecule has 0 aromatic carbocycles. The fourth-order valence-electron chi connectivity index (χ4n) is 3.30. The topological polar surface area (TPSA) is 36.1 Å². The summed E-state index contributed by atoms with van der Waals surface area (Å²) in [6.45, 7) is 10.2. The summed E-state index contributed by atoms with van der Waals surface area (Å²) in [5.74, 6) is 0. The van der Waals surface area contributed by atoms with Gasteiger partial charge < -0.3 is 5.32 Å². The predicted molar refractivity (Wildman–Crippen MR) is 88.8 cm³/mol. The molecule has 0 heterocycles. The molecule has 1 unspecified atom stereocenters. The molecule has 0 aromatic heterocycles. The Morgan fingerprint density at radius 2 is 1.26 bits per heavy atom. The van der Waals surface area contributed by atoms with E-state index in [4.69, 9.17) is 0 Å². The van der Waals surface area contributed by atoms with Gasteiger partial charge in [-0.3, -0.25) is 10.6 Å². The summed E-state index contributed by atoms with van der Waals surface area (Å²) in [4.78, 5) is 0. The minimum absolute atomic E-state index is 0.138. The highest BCUT2D eigenvalue weighted by Gasteiger charge is 2.48. The zero-order chi connectivity index (χ0) is 14.2. The average molecular weight is 286 g/mol. The fraction of sp³-hybridized carbons (Fsp3) is 1.00. The van der Waals surface area contributed by atoms with Gasteiger partial charge in [-0.15, -0.1) is 0 Å². The van der Waals surface area contributed by atoms with Gasteiger partial charge in [-0.1, -0.05) is 33.6 Å². The van der Waals surface area contributed by atoms with Crippen molar-refractivity contribution in [1.82, 2.24) is 16.0 Å². The predicted octanol–water partition coefficient (Wildman–Crippen LogP) is 1.32. The summed E-state index contributed by atoms with van der Waals surface area (Å²) in [5.41, 5.74) is 0.138. The maximum atomic E-state index is 3.89. The molecule has 0 radical (unpaired) electrons. The Morgan fingerprint density at radius 1 is 0.789 bits per heavy atom. The van der Waals surface area contributed by atoms with Gasteiger partial charge in [0.25, 0.3) is 0 Å². The van der Waals surface area contributed by atoms with Crippen molar-refractivity contribution in [2.45, 2.75) is 76.5 Å². The normalized spacial score (nSPS) is 26.7. The summed E-state index contributed by atoms with van der Waals surface area (Å²) >= 11 is 0. The van der Waals surface area contributed by atoms with Crippen LogP contribution in [0.5, 0.6) is 0 Å². The minimum atomic E-state index is 0.138. The molecule has 4 heteroatoms. The van der Waals surface area contributed by atoms with E-state index in [1.165, 1.54) is 55.2 Å². The van der Waals surface area contributed by atoms with E-state index < -0.39 is 0 Å². The molecule has 0 amide bonds. The third kappa shape index (κ3) is 4.28. The molecule has 1 fully saturated rings. The third-order valence-corrected chi connectivity index (χ3v) is 6.25. The summed E-state index contributed by atoms with van der Waals surface area (Å²) in [6.07, 6.45) is 8.97. The van der Waals surface area contributed by atoms with Crippen LogP contribution in [-0.4, -0.2) is 40.7 Å². The van der Waals surface area contributed by atoms with Gasteiger partial charge in [-0.25, -0.2) is 0 Å². The lowest BCUT2D eigenvalue weighted by Crippen LogP contribution is -2.77. The van der Waals surface area contributed by atoms with E-state index in [-0.39, 0.29) is 5.66 Å². The van der Waals surface area contributed by atoms with Crippen LogP contribution >= 0.6 is 0 Å². The van der Waals surface area contributed by atoms with Crippen molar-refractivity contribution in [3.05, 3.63) is 0 Å². The molecule has 0 spiro atoms. The molecule has 3 nitrogen and oxygen atoms in total. The van der Waals surface area contributed by atoms with Crippen LogP contribution in [0.25, 0.3) is 0 Å². The molecule has 1 aliphatic rings. The van der Waals surface area contributed by atoms with Gasteiger partial charge in [0, 0.05) is 15.4 Å². The smallest absolute Gasteiger partial charge is 0.0835 e. The van der Waals surface area contributed by atoms with Gasteiger partial charge in [0.2, 0.25) is 0 Å². The Kier molecular flexibility index (Phi) is 7.58. The van der Waals surface area contributed by atoms with Gasteiger partial charge in [-0.05, 0) is 51.7 Å². The second-order valence-corrected chi connectivity index (χ2v) is 7.93. The largest absolute Gasteiger partial charge is 0.312 e. The first kappa shape index (κ1) is 17.1. The lowest BCUT2D eigenvalue weighted by molar-refractivity contribution is 0.0993. The van der Waals surface area contributed by atoms with Crippen LogP contribution < -0.4 is 16.0 Å². The van der Waals surface area contributed by atoms with E-state index in [1.807, 2.05) is 0 Å². The number of hydrogen-bond donors (Lipinski definition) is 3. The summed E-state index contributed by atoms with van der Waals surface area (Å²) < 4.78 is 0. The molecule has 0 saturated heterocycles. The summed E-state index contributed by atoms with van der Waals surface area (Å²) in [6, 6.07) is 0. The molecule has 0 bridgehead atoms. The van der Waals surface area contributed by atoms with E-state index in [9.17, 15) is 0 Å². The van der Waals surface area contributed by atoms with Crippen LogP contribution in [0.15, 0.2) is 0 Å². The molecule has 3 N–H and O–H groups in total. The van der Waals surface area contributed by atoms with E-state index >= 15 is 0 Å². The Labute approximate surface area is 123 Å². The molecular formula is C15H35N3Si. The van der Waals surface area contributed by atoms with Crippen molar-refractivity contribution in [3.8, 4) is 0 Å². The molecular weight excluding hydrogens is 250 g/mol. The zero-order valence-corrected chi connectivity index (χ0v) is 15.6. The van der Waals surface area contributed by atoms with Crippen molar-refractivity contribution in [2.24, 2.45) is 0 Å². The van der Waals surface area contributed by atoms with Crippen LogP contribution in [0.3, 0.4) is 0 Å². The molecule has 0 aromatic rings. The molecule has 0 aliphatic heterocycles. The van der Waals surface area contributed by atoms with Crippen LogP contribution in [0.4, 0.5) is 0 Å². The van der Waals surface area contributed by atoms with E-state index in [0.29, 0.717) is 5.16 Å². The Balaban J connectivity index is 2.84. The van der Waals surface area contributed by atoms with Gasteiger partial charge in [0.1, 0.15) is 0 Å². The van der Waals surface area contributed by atoms with Gasteiger partial charge in [0.15, 0.2) is 0 Å². The number of rotatable bonds is 9. The Hall–Kier alpha value is 0.0969. The fourth-order valence-corrected chi connectivity index (χ4v) is 4.51. The SMILES string of the molecule is CCCNC1([SiH3])CCCCC1(NCCC)NCCC. The van der Waals surface area contributed by atoms with Crippen LogP contribution in [-0.2, 0) is 0 Å². The average Bonchev–Trinajstić information content (AvgIpc) is 2.43. The van der Waals surface area contributed by atoms with Crippen LogP contribution in [0, 0.1) is 0 Å². The lowest BCUT2D eigenvalue weighted by atomic mass is 9.82. The number of nitrogens with one attached hydrogen (secondary N) is 3. The lowest BCUT2D eigenvalue weighted by Gasteiger charge is -2.54. The monoisotopic (exact) mass is 285 g/mol. The first-order chi connectivity index (χ1) is 9.14. The standard InChI is InChI=1S/C15H35N3Si/c1-4-11-16-14(17-12-5-2)9-7-8-10-15(14,19)18-13-6-3/h16-18H,4-13H2,1-3,19H3. The summed E-state index contributed by atoms with van der Waals surface area (Å²) in [7, 11) is 1.20. The zero-order valence-electron chi connectivity index (χ0n) is 13.6. The highest BCUT2D eigenvalue weighted by Crippen LogP contribution is 2.33. The van der Waals surface area contributed by atoms with E-state index in [0.717, 1.165) is 19.6 Å². The molecule has 1 aliphatic carbocycles. The Morgan fingerprint density at radius 3 is 1.79 bits per heavy atom. The van der Waals surface area contributed by atoms with Crippen molar-refractivity contribution in [1.29, 1.82) is 0 Å². The Bertz CT molecular complexity index is 240. The van der Waals surface area contributed by atoms with E-state index in [1.54, 1.807) is 0 Å². The summed E-state index contributed by atoms with van der Waals surface area (Å²) in [5, 5.41) is 12.0. The number of hydrogen-bond acceptors (Lipinski definition) is 3. The third-order valence-electron chi connectivity index (χ3n) is 4.54. The molecule has 1 saturated carbocycles. The van der Waals surface area contributed by atoms with Crippen molar-refractivity contribution < 1.29 is 0 Å². The van der Waals surface area contributed by atoms with Crippen molar-refractivity contribution in [3.63, 3.8) is 0 Å². The highest BCUT2D eigenvalue weighted by atomic mass is 28.1. The van der Waals surface area contributed by atoms with Gasteiger partial charge in [-0.2, -0.15) is 0 Å². The first-order valence-corrected chi connectivity index (χ1v) is 9.39. The molecule has 1 atom stereocenters. The quantitative estimate of drug-likeness (QED) is 0.442. The second-order valence-electron chi connectivity index (χ2n) is 6.22. The van der Waals surface area contributed by atoms with E-state index in [2.05, 4.69) is 36.7 Å². The van der Waals surface area contributed by atoms with Crippen LogP contribution in [0.1, 0.15) is 65.7 Å².